The standard InChI is InChI=1S/C16H25N5O15P2/c1-4-7(22)9(24)11(26)15(33-4)35-38(30,31)36-37(28,29)32-2-5-8(23)10(25)14(34-5)21-3-18-6-12(21)19-16(17)20-13(6)27/h3-5,7-11,14-15,22-26H,2H2,1H3,(H,28,29)(H,30,31)(H3,17,19,20,27)/p-2/t4?,5-,7+,8+,9-,10?,11?,14-,15+/m1/s1. The van der Waals surface area contributed by atoms with Crippen LogP contribution in [0.4, 0.5) is 5.95 Å². The predicted molar refractivity (Wildman–Crippen MR) is 114 cm³/mol. The van der Waals surface area contributed by atoms with Crippen LogP contribution in [0.15, 0.2) is 11.1 Å². The number of aromatic nitrogens is 4. The summed E-state index contributed by atoms with van der Waals surface area (Å²) in [7, 11) is -11.6. The van der Waals surface area contributed by atoms with Gasteiger partial charge in [-0.1, -0.05) is 0 Å². The number of fused-ring (bicyclic) bond motifs is 1. The Balaban J connectivity index is 1.39. The van der Waals surface area contributed by atoms with Gasteiger partial charge in [0.25, 0.3) is 21.2 Å². The van der Waals surface area contributed by atoms with Gasteiger partial charge in [-0.05, 0) is 6.92 Å². The van der Waals surface area contributed by atoms with Crippen LogP contribution < -0.4 is 21.1 Å². The first-order valence-electron chi connectivity index (χ1n) is 10.7. The minimum absolute atomic E-state index is 0.120. The van der Waals surface area contributed by atoms with Crippen LogP contribution in [0.2, 0.25) is 0 Å². The highest BCUT2D eigenvalue weighted by molar-refractivity contribution is 7.59. The first-order chi connectivity index (χ1) is 17.6. The lowest BCUT2D eigenvalue weighted by Crippen LogP contribution is -2.57. The van der Waals surface area contributed by atoms with E-state index in [0.717, 1.165) is 10.9 Å². The molecule has 0 bridgehead atoms. The smallest absolute Gasteiger partial charge is 0.280 e. The average Bonchev–Trinajstić information content (AvgIpc) is 3.35. The molecule has 0 aliphatic carbocycles. The zero-order chi connectivity index (χ0) is 28.2. The van der Waals surface area contributed by atoms with E-state index in [1.54, 1.807) is 0 Å². The summed E-state index contributed by atoms with van der Waals surface area (Å²) in [5.74, 6) is -0.280. The largest absolute Gasteiger partial charge is 0.756 e. The highest BCUT2D eigenvalue weighted by atomic mass is 31.3. The van der Waals surface area contributed by atoms with Gasteiger partial charge in [0.15, 0.2) is 23.7 Å². The molecule has 2 aromatic rings. The van der Waals surface area contributed by atoms with Crippen LogP contribution in [0.3, 0.4) is 0 Å². The molecular formula is C16H23N5O15P2-2. The Kier molecular flexibility index (Phi) is 8.12. The number of imidazole rings is 1. The minimum Gasteiger partial charge on any atom is -0.756 e. The Bertz CT molecular complexity index is 1320. The molecule has 2 fully saturated rings. The zero-order valence-corrected chi connectivity index (χ0v) is 20.9. The molecule has 2 aliphatic heterocycles. The van der Waals surface area contributed by atoms with Crippen molar-refractivity contribution in [2.75, 3.05) is 12.3 Å². The number of anilines is 1. The van der Waals surface area contributed by atoms with Crippen LogP contribution in [0.25, 0.3) is 11.2 Å². The van der Waals surface area contributed by atoms with Crippen molar-refractivity contribution in [1.29, 1.82) is 0 Å². The van der Waals surface area contributed by atoms with Gasteiger partial charge in [-0.15, -0.1) is 0 Å². The number of nitrogens with two attached hydrogens (primary N) is 1. The minimum atomic E-state index is -5.82. The number of H-pyrrole nitrogens is 1. The van der Waals surface area contributed by atoms with Gasteiger partial charge in [0.05, 0.1) is 19.0 Å². The van der Waals surface area contributed by atoms with E-state index in [4.69, 9.17) is 15.2 Å². The number of phosphoric acid groups is 2. The molecule has 0 saturated carbocycles. The van der Waals surface area contributed by atoms with Gasteiger partial charge in [0.1, 0.15) is 36.6 Å². The normalized spacial score (nSPS) is 37.2. The summed E-state index contributed by atoms with van der Waals surface area (Å²) in [5.41, 5.74) is 4.52. The van der Waals surface area contributed by atoms with E-state index in [1.165, 1.54) is 6.92 Å². The molecule has 0 spiro atoms. The highest BCUT2D eigenvalue weighted by Gasteiger charge is 2.46. The van der Waals surface area contributed by atoms with Crippen LogP contribution in [-0.2, 0) is 32.0 Å². The van der Waals surface area contributed by atoms with Crippen molar-refractivity contribution in [3.8, 4) is 0 Å². The molecule has 2 aromatic heterocycles. The fourth-order valence-corrected chi connectivity index (χ4v) is 5.86. The van der Waals surface area contributed by atoms with Crippen molar-refractivity contribution < 1.29 is 67.3 Å². The molecule has 2 saturated heterocycles. The molecule has 0 amide bonds. The molecule has 38 heavy (non-hydrogen) atoms. The number of phosphoric ester groups is 2. The van der Waals surface area contributed by atoms with Crippen molar-refractivity contribution in [2.45, 2.75) is 62.2 Å². The molecule has 0 aromatic carbocycles. The molecular weight excluding hydrogens is 564 g/mol. The van der Waals surface area contributed by atoms with E-state index >= 15 is 0 Å². The van der Waals surface area contributed by atoms with Crippen LogP contribution in [0, 0.1) is 0 Å². The molecule has 22 heteroatoms. The lowest BCUT2D eigenvalue weighted by molar-refractivity contribution is -0.299. The summed E-state index contributed by atoms with van der Waals surface area (Å²) < 4.78 is 48.3. The average molecular weight is 587 g/mol. The van der Waals surface area contributed by atoms with Crippen LogP contribution in [0.1, 0.15) is 13.2 Å². The van der Waals surface area contributed by atoms with Crippen molar-refractivity contribution in [2.24, 2.45) is 0 Å². The predicted octanol–water partition coefficient (Wildman–Crippen LogP) is -4.86. The molecule has 4 heterocycles. The molecule has 4 rings (SSSR count). The molecule has 2 aliphatic rings. The number of nitrogen functional groups attached to an aromatic ring is 1. The van der Waals surface area contributed by atoms with Gasteiger partial charge >= 0.3 is 0 Å². The number of aromatic amines is 1. The summed E-state index contributed by atoms with van der Waals surface area (Å²) in [6.45, 7) is 0.168. The lowest BCUT2D eigenvalue weighted by atomic mass is 10.0. The first kappa shape index (κ1) is 29.1. The molecule has 20 nitrogen and oxygen atoms in total. The van der Waals surface area contributed by atoms with Crippen molar-refractivity contribution in [3.05, 3.63) is 16.7 Å². The third-order valence-electron chi connectivity index (χ3n) is 5.70. The Labute approximate surface area is 211 Å². The number of hydrogen-bond donors (Lipinski definition) is 7. The second kappa shape index (κ2) is 10.6. The van der Waals surface area contributed by atoms with Crippen molar-refractivity contribution in [3.63, 3.8) is 0 Å². The summed E-state index contributed by atoms with van der Waals surface area (Å²) in [4.78, 5) is 46.1. The Morgan fingerprint density at radius 2 is 1.76 bits per heavy atom. The molecule has 214 valence electrons. The molecule has 8 N–H and O–H groups in total. The Morgan fingerprint density at radius 1 is 1.08 bits per heavy atom. The summed E-state index contributed by atoms with van der Waals surface area (Å²) in [6, 6.07) is 0. The number of aliphatic hydroxyl groups excluding tert-OH is 5. The maximum atomic E-state index is 12.1. The van der Waals surface area contributed by atoms with Gasteiger partial charge in [0, 0.05) is 0 Å². The molecule has 11 atom stereocenters. The first-order valence-corrected chi connectivity index (χ1v) is 13.6. The topological polar surface area (TPSA) is 317 Å². The van der Waals surface area contributed by atoms with Gasteiger partial charge < -0.3 is 55.1 Å². The maximum Gasteiger partial charge on any atom is 0.280 e. The van der Waals surface area contributed by atoms with Crippen LogP contribution >= 0.6 is 15.6 Å². The summed E-state index contributed by atoms with van der Waals surface area (Å²) in [5, 5.41) is 49.9. The second-order valence-electron chi connectivity index (χ2n) is 8.38. The van der Waals surface area contributed by atoms with Gasteiger partial charge in [-0.3, -0.25) is 28.0 Å². The van der Waals surface area contributed by atoms with Crippen LogP contribution in [0.5, 0.6) is 0 Å². The van der Waals surface area contributed by atoms with E-state index in [2.05, 4.69) is 28.3 Å². The number of aliphatic hydroxyl groups is 5. The third kappa shape index (κ3) is 5.83. The summed E-state index contributed by atoms with van der Waals surface area (Å²) >= 11 is 0. The fourth-order valence-electron chi connectivity index (χ4n) is 3.78. The van der Waals surface area contributed by atoms with Crippen molar-refractivity contribution >= 4 is 32.8 Å². The lowest BCUT2D eigenvalue weighted by Gasteiger charge is -2.41. The third-order valence-corrected chi connectivity index (χ3v) is 8.23. The number of ether oxygens (including phenoxy) is 2. The van der Waals surface area contributed by atoms with E-state index in [1.807, 2.05) is 0 Å². The quantitative estimate of drug-likeness (QED) is 0.142. The number of nitrogens with one attached hydrogen (secondary N) is 1. The van der Waals surface area contributed by atoms with E-state index in [0.29, 0.717) is 0 Å². The van der Waals surface area contributed by atoms with Gasteiger partial charge in [-0.2, -0.15) is 4.98 Å². The molecule has 0 radical (unpaired) electrons. The van der Waals surface area contributed by atoms with Crippen molar-refractivity contribution in [1.82, 2.24) is 19.5 Å². The van der Waals surface area contributed by atoms with Gasteiger partial charge in [0.2, 0.25) is 5.95 Å². The van der Waals surface area contributed by atoms with E-state index in [9.17, 15) is 49.2 Å². The van der Waals surface area contributed by atoms with E-state index < -0.39 is 83.1 Å². The second-order valence-corrected chi connectivity index (χ2v) is 11.3. The Hall–Kier alpha value is -1.87. The fraction of sp³-hybridized carbons (Fsp3) is 0.688. The number of nitrogens with zero attached hydrogens (tertiary/aromatic N) is 3. The number of rotatable bonds is 8. The highest BCUT2D eigenvalue weighted by Crippen LogP contribution is 2.57. The monoisotopic (exact) mass is 587 g/mol. The summed E-state index contributed by atoms with van der Waals surface area (Å²) in [6.07, 6.45) is -14.3. The van der Waals surface area contributed by atoms with Crippen LogP contribution in [-0.4, -0.2) is 101 Å². The Morgan fingerprint density at radius 3 is 2.45 bits per heavy atom. The SMILES string of the molecule is CC1O[C@@H](OP(=O)([O-])OP(=O)([O-])OC[C@H]2O[C@@H](n3cnc4c(=O)[nH]c(N)nc43)C(O)[C@H]2O)C(O)[C@H](O)[C@H]1O. The zero-order valence-electron chi connectivity index (χ0n) is 19.1. The van der Waals surface area contributed by atoms with Gasteiger partial charge in [-0.25, -0.2) is 9.29 Å². The number of hydrogen-bond acceptors (Lipinski definition) is 18. The molecule has 5 unspecified atom stereocenters. The maximum absolute atomic E-state index is 12.1. The van der Waals surface area contributed by atoms with E-state index in [-0.39, 0.29) is 17.1 Å².